The Kier molecular flexibility index (Phi) is 2.47. The number of aliphatic hydroxyl groups excluding tert-OH is 1. The van der Waals surface area contributed by atoms with Crippen molar-refractivity contribution < 1.29 is 19.7 Å². The van der Waals surface area contributed by atoms with Gasteiger partial charge in [0.1, 0.15) is 0 Å². The van der Waals surface area contributed by atoms with Crippen LogP contribution >= 0.6 is 0 Å². The molecular weight excluding hydrogens is 220 g/mol. The number of hydrogen-bond acceptors (Lipinski definition) is 4. The zero-order valence-electron chi connectivity index (χ0n) is 9.94. The molecule has 0 spiro atoms. The molecule has 0 radical (unpaired) electrons. The zero-order chi connectivity index (χ0) is 12.8. The second-order valence-electron chi connectivity index (χ2n) is 4.39. The molecule has 1 aromatic rings. The Bertz CT molecular complexity index is 507. The van der Waals surface area contributed by atoms with Crippen molar-refractivity contribution in [3.63, 3.8) is 0 Å². The summed E-state index contributed by atoms with van der Waals surface area (Å²) in [5.74, 6) is -3.33. The summed E-state index contributed by atoms with van der Waals surface area (Å²) in [4.78, 5) is 11.2. The predicted molar refractivity (Wildman–Crippen MR) is 61.4 cm³/mol. The van der Waals surface area contributed by atoms with E-state index in [-0.39, 0.29) is 0 Å². The third-order valence-corrected chi connectivity index (χ3v) is 2.83. The fourth-order valence-corrected chi connectivity index (χ4v) is 2.34. The molecule has 0 saturated carbocycles. The van der Waals surface area contributed by atoms with E-state index in [9.17, 15) is 15.0 Å². The highest BCUT2D eigenvalue weighted by molar-refractivity contribution is 5.89. The molecule has 0 aromatic heterocycles. The Morgan fingerprint density at radius 1 is 1.18 bits per heavy atom. The standard InChI is InChI=1S/C13H14O4/c1-7-4-8(2)11(9(3)5-7)13(16)6-10(14)12(15)17-13/h4-6,14,16H,1-3H3. The smallest absolute Gasteiger partial charge is 0.376 e. The van der Waals surface area contributed by atoms with Crippen LogP contribution in [0.1, 0.15) is 22.3 Å². The molecule has 1 atom stereocenters. The minimum absolute atomic E-state index is 0.500. The van der Waals surface area contributed by atoms with Gasteiger partial charge in [-0.15, -0.1) is 0 Å². The number of carbonyl (C=O) groups is 1. The van der Waals surface area contributed by atoms with E-state index in [4.69, 9.17) is 4.74 Å². The molecule has 0 amide bonds. The largest absolute Gasteiger partial charge is 0.502 e. The number of carbonyl (C=O) groups excluding carboxylic acids is 1. The Balaban J connectivity index is 2.60. The van der Waals surface area contributed by atoms with E-state index < -0.39 is 17.5 Å². The minimum atomic E-state index is -1.86. The van der Waals surface area contributed by atoms with Gasteiger partial charge in [-0.05, 0) is 31.9 Å². The molecule has 4 nitrogen and oxygen atoms in total. The van der Waals surface area contributed by atoms with Crippen LogP contribution < -0.4 is 0 Å². The van der Waals surface area contributed by atoms with Gasteiger partial charge in [-0.3, -0.25) is 0 Å². The van der Waals surface area contributed by atoms with Crippen LogP contribution in [-0.2, 0) is 15.3 Å². The van der Waals surface area contributed by atoms with E-state index in [1.165, 1.54) is 0 Å². The second-order valence-corrected chi connectivity index (χ2v) is 4.39. The number of benzene rings is 1. The number of ether oxygens (including phenoxy) is 1. The van der Waals surface area contributed by atoms with Crippen molar-refractivity contribution in [2.45, 2.75) is 26.6 Å². The average Bonchev–Trinajstić information content (AvgIpc) is 2.38. The predicted octanol–water partition coefficient (Wildman–Crippen LogP) is 1.76. The van der Waals surface area contributed by atoms with Gasteiger partial charge in [0.05, 0.1) is 0 Å². The van der Waals surface area contributed by atoms with Crippen LogP contribution in [0.5, 0.6) is 0 Å². The lowest BCUT2D eigenvalue weighted by molar-refractivity contribution is -0.183. The Morgan fingerprint density at radius 3 is 2.12 bits per heavy atom. The highest BCUT2D eigenvalue weighted by atomic mass is 16.7. The fraction of sp³-hybridized carbons (Fsp3) is 0.308. The summed E-state index contributed by atoms with van der Waals surface area (Å²) in [6.07, 6.45) is 1.03. The van der Waals surface area contributed by atoms with Crippen LogP contribution in [0.15, 0.2) is 24.0 Å². The van der Waals surface area contributed by atoms with Crippen LogP contribution in [0.4, 0.5) is 0 Å². The molecule has 0 bridgehead atoms. The maximum atomic E-state index is 11.2. The molecule has 1 heterocycles. The first-order valence-corrected chi connectivity index (χ1v) is 5.29. The number of cyclic esters (lactones) is 1. The molecule has 17 heavy (non-hydrogen) atoms. The van der Waals surface area contributed by atoms with Gasteiger partial charge in [0, 0.05) is 11.6 Å². The molecular formula is C13H14O4. The van der Waals surface area contributed by atoms with Gasteiger partial charge in [-0.1, -0.05) is 17.7 Å². The monoisotopic (exact) mass is 234 g/mol. The van der Waals surface area contributed by atoms with E-state index in [0.29, 0.717) is 5.56 Å². The van der Waals surface area contributed by atoms with Crippen molar-refractivity contribution in [3.05, 3.63) is 46.2 Å². The average molecular weight is 234 g/mol. The van der Waals surface area contributed by atoms with Gasteiger partial charge in [-0.25, -0.2) is 4.79 Å². The van der Waals surface area contributed by atoms with Crippen LogP contribution in [0.2, 0.25) is 0 Å². The molecule has 1 aromatic carbocycles. The molecule has 0 aliphatic carbocycles. The number of aryl methyl sites for hydroxylation is 3. The van der Waals surface area contributed by atoms with E-state index in [1.54, 1.807) is 0 Å². The van der Waals surface area contributed by atoms with E-state index in [1.807, 2.05) is 32.9 Å². The van der Waals surface area contributed by atoms with Crippen LogP contribution in [0.25, 0.3) is 0 Å². The van der Waals surface area contributed by atoms with Crippen molar-refractivity contribution in [3.8, 4) is 0 Å². The van der Waals surface area contributed by atoms with Crippen LogP contribution in [-0.4, -0.2) is 16.2 Å². The van der Waals surface area contributed by atoms with Crippen LogP contribution in [0.3, 0.4) is 0 Å². The van der Waals surface area contributed by atoms with E-state index in [2.05, 4.69) is 0 Å². The molecule has 0 fully saturated rings. The fourth-order valence-electron chi connectivity index (χ4n) is 2.34. The lowest BCUT2D eigenvalue weighted by Gasteiger charge is -2.24. The number of aliphatic hydroxyl groups is 2. The molecule has 0 saturated heterocycles. The van der Waals surface area contributed by atoms with Crippen LogP contribution in [0, 0.1) is 20.8 Å². The SMILES string of the molecule is Cc1cc(C)c(C2(O)C=C(O)C(=O)O2)c(C)c1. The molecule has 90 valence electrons. The third kappa shape index (κ3) is 1.80. The van der Waals surface area contributed by atoms with Crippen molar-refractivity contribution in [2.75, 3.05) is 0 Å². The topological polar surface area (TPSA) is 66.8 Å². The molecule has 1 unspecified atom stereocenters. The summed E-state index contributed by atoms with van der Waals surface area (Å²) in [6, 6.07) is 3.77. The van der Waals surface area contributed by atoms with Crippen molar-refractivity contribution in [2.24, 2.45) is 0 Å². The quantitative estimate of drug-likeness (QED) is 0.726. The van der Waals surface area contributed by atoms with Gasteiger partial charge in [0.15, 0.2) is 0 Å². The van der Waals surface area contributed by atoms with Gasteiger partial charge >= 0.3 is 5.97 Å². The van der Waals surface area contributed by atoms with E-state index >= 15 is 0 Å². The lowest BCUT2D eigenvalue weighted by Crippen LogP contribution is -2.27. The highest BCUT2D eigenvalue weighted by Gasteiger charge is 2.42. The summed E-state index contributed by atoms with van der Waals surface area (Å²) in [7, 11) is 0. The Hall–Kier alpha value is -1.81. The first-order valence-electron chi connectivity index (χ1n) is 5.29. The first kappa shape index (κ1) is 11.7. The van der Waals surface area contributed by atoms with Gasteiger partial charge in [-0.2, -0.15) is 0 Å². The normalized spacial score (nSPS) is 23.5. The van der Waals surface area contributed by atoms with Crippen molar-refractivity contribution >= 4 is 5.97 Å². The van der Waals surface area contributed by atoms with Crippen molar-refractivity contribution in [1.82, 2.24) is 0 Å². The highest BCUT2D eigenvalue weighted by Crippen LogP contribution is 2.35. The summed E-state index contributed by atoms with van der Waals surface area (Å²) >= 11 is 0. The number of rotatable bonds is 1. The second kappa shape index (κ2) is 3.60. The molecule has 1 aliphatic rings. The lowest BCUT2D eigenvalue weighted by atomic mass is 9.93. The minimum Gasteiger partial charge on any atom is -0.502 e. The summed E-state index contributed by atoms with van der Waals surface area (Å²) in [5, 5.41) is 19.5. The maximum Gasteiger partial charge on any atom is 0.376 e. The summed E-state index contributed by atoms with van der Waals surface area (Å²) < 4.78 is 4.82. The summed E-state index contributed by atoms with van der Waals surface area (Å²) in [6.45, 7) is 5.59. The van der Waals surface area contributed by atoms with Gasteiger partial charge in [0.2, 0.25) is 5.76 Å². The third-order valence-electron chi connectivity index (χ3n) is 2.83. The molecule has 4 heteroatoms. The summed E-state index contributed by atoms with van der Waals surface area (Å²) in [5.41, 5.74) is 3.18. The number of esters is 1. The van der Waals surface area contributed by atoms with Crippen molar-refractivity contribution in [1.29, 1.82) is 0 Å². The van der Waals surface area contributed by atoms with Gasteiger partial charge < -0.3 is 14.9 Å². The van der Waals surface area contributed by atoms with E-state index in [0.717, 1.165) is 22.8 Å². The maximum absolute atomic E-state index is 11.2. The molecule has 2 N–H and O–H groups in total. The zero-order valence-corrected chi connectivity index (χ0v) is 9.94. The van der Waals surface area contributed by atoms with Gasteiger partial charge in [0.25, 0.3) is 5.79 Å². The molecule has 2 rings (SSSR count). The Morgan fingerprint density at radius 2 is 1.71 bits per heavy atom. The molecule has 1 aliphatic heterocycles. The first-order chi connectivity index (χ1) is 7.83. The number of hydrogen-bond donors (Lipinski definition) is 2. The Labute approximate surface area is 99.2 Å².